The van der Waals surface area contributed by atoms with E-state index in [1.165, 1.54) is 0 Å². The van der Waals surface area contributed by atoms with Gasteiger partial charge in [-0.25, -0.2) is 4.79 Å². The molecular formula is C18H28N2O4. The van der Waals surface area contributed by atoms with Crippen molar-refractivity contribution in [3.8, 4) is 11.5 Å². The van der Waals surface area contributed by atoms with Gasteiger partial charge < -0.3 is 24.8 Å². The van der Waals surface area contributed by atoms with E-state index in [9.17, 15) is 4.79 Å². The van der Waals surface area contributed by atoms with Crippen molar-refractivity contribution in [3.05, 3.63) is 35.9 Å². The number of methoxy groups -OCH3 is 2. The van der Waals surface area contributed by atoms with Crippen molar-refractivity contribution in [1.82, 2.24) is 10.6 Å². The van der Waals surface area contributed by atoms with Crippen molar-refractivity contribution in [2.45, 2.75) is 32.9 Å². The number of hydrogen-bond donors (Lipinski definition) is 2. The van der Waals surface area contributed by atoms with Crippen LogP contribution in [-0.2, 0) is 11.3 Å². The lowest BCUT2D eigenvalue weighted by molar-refractivity contribution is 0.0534. The second-order valence-corrected chi connectivity index (χ2v) is 6.14. The third-order valence-corrected chi connectivity index (χ3v) is 2.99. The van der Waals surface area contributed by atoms with Crippen molar-refractivity contribution >= 4 is 6.09 Å². The molecule has 0 spiro atoms. The number of para-hydroxylation sites is 1. The Balaban J connectivity index is 2.30. The lowest BCUT2D eigenvalue weighted by atomic mass is 10.2. The average molecular weight is 336 g/mol. The van der Waals surface area contributed by atoms with Gasteiger partial charge in [-0.05, 0) is 26.8 Å². The predicted molar refractivity (Wildman–Crippen MR) is 94.6 cm³/mol. The quantitative estimate of drug-likeness (QED) is 0.564. The fraction of sp³-hybridized carbons (Fsp3) is 0.500. The van der Waals surface area contributed by atoms with Gasteiger partial charge in [-0.2, -0.15) is 0 Å². The molecule has 0 atom stereocenters. The first-order valence-corrected chi connectivity index (χ1v) is 7.90. The molecule has 0 aliphatic carbocycles. The van der Waals surface area contributed by atoms with Gasteiger partial charge in [-0.1, -0.05) is 24.3 Å². The van der Waals surface area contributed by atoms with E-state index in [1.807, 2.05) is 51.1 Å². The number of alkyl carbamates (subject to hydrolysis) is 1. The molecule has 24 heavy (non-hydrogen) atoms. The average Bonchev–Trinajstić information content (AvgIpc) is 2.51. The van der Waals surface area contributed by atoms with Gasteiger partial charge in [0.15, 0.2) is 11.5 Å². The summed E-state index contributed by atoms with van der Waals surface area (Å²) in [4.78, 5) is 11.5. The lowest BCUT2D eigenvalue weighted by Gasteiger charge is -2.19. The van der Waals surface area contributed by atoms with E-state index in [-0.39, 0.29) is 0 Å². The van der Waals surface area contributed by atoms with Gasteiger partial charge in [0, 0.05) is 25.2 Å². The number of nitrogens with one attached hydrogen (secondary N) is 2. The Morgan fingerprint density at radius 1 is 1.12 bits per heavy atom. The maximum atomic E-state index is 11.5. The predicted octanol–water partition coefficient (Wildman–Crippen LogP) is 2.87. The van der Waals surface area contributed by atoms with E-state index in [0.717, 1.165) is 11.3 Å². The Hall–Kier alpha value is -2.21. The van der Waals surface area contributed by atoms with Crippen molar-refractivity contribution in [3.63, 3.8) is 0 Å². The monoisotopic (exact) mass is 336 g/mol. The zero-order valence-electron chi connectivity index (χ0n) is 15.1. The number of hydrogen-bond acceptors (Lipinski definition) is 5. The molecule has 0 aliphatic rings. The normalized spacial score (nSPS) is 11.4. The van der Waals surface area contributed by atoms with Crippen molar-refractivity contribution in [2.24, 2.45) is 0 Å². The Bertz CT molecular complexity index is 550. The molecule has 0 fully saturated rings. The number of ether oxygens (including phenoxy) is 3. The number of carbonyl (C=O) groups is 1. The summed E-state index contributed by atoms with van der Waals surface area (Å²) in [6.45, 7) is 7.26. The molecule has 0 radical (unpaired) electrons. The van der Waals surface area contributed by atoms with Crippen LogP contribution in [0.4, 0.5) is 4.79 Å². The molecule has 1 amide bonds. The summed E-state index contributed by atoms with van der Waals surface area (Å²) in [6, 6.07) is 5.78. The van der Waals surface area contributed by atoms with Gasteiger partial charge in [0.2, 0.25) is 0 Å². The highest BCUT2D eigenvalue weighted by molar-refractivity contribution is 5.67. The summed E-state index contributed by atoms with van der Waals surface area (Å²) in [6.07, 6.45) is 3.41. The fourth-order valence-corrected chi connectivity index (χ4v) is 2.01. The molecule has 1 rings (SSSR count). The number of rotatable bonds is 8. The van der Waals surface area contributed by atoms with Gasteiger partial charge in [0.05, 0.1) is 14.2 Å². The van der Waals surface area contributed by atoms with Gasteiger partial charge >= 0.3 is 6.09 Å². The minimum atomic E-state index is -0.481. The highest BCUT2D eigenvalue weighted by atomic mass is 16.6. The molecule has 6 nitrogen and oxygen atoms in total. The minimum Gasteiger partial charge on any atom is -0.493 e. The van der Waals surface area contributed by atoms with E-state index >= 15 is 0 Å². The molecule has 1 aromatic carbocycles. The van der Waals surface area contributed by atoms with Crippen LogP contribution in [0.1, 0.15) is 26.3 Å². The molecule has 0 saturated heterocycles. The standard InChI is InChI=1S/C18H28N2O4/c1-18(2,3)24-17(21)20-12-7-6-11-19-13-14-9-8-10-15(22-4)16(14)23-5/h6-10,19H,11-13H2,1-5H3,(H,20,21)/b7-6+. The Kier molecular flexibility index (Phi) is 8.12. The smallest absolute Gasteiger partial charge is 0.407 e. The van der Waals surface area contributed by atoms with Crippen LogP contribution >= 0.6 is 0 Å². The third kappa shape index (κ3) is 7.37. The molecule has 0 unspecified atom stereocenters. The SMILES string of the molecule is COc1cccc(CNC/C=C/CNC(=O)OC(C)(C)C)c1OC. The molecule has 0 bridgehead atoms. The number of amides is 1. The van der Waals surface area contributed by atoms with E-state index in [0.29, 0.717) is 25.4 Å². The van der Waals surface area contributed by atoms with E-state index in [1.54, 1.807) is 14.2 Å². The Morgan fingerprint density at radius 2 is 1.83 bits per heavy atom. The third-order valence-electron chi connectivity index (χ3n) is 2.99. The maximum Gasteiger partial charge on any atom is 0.407 e. The van der Waals surface area contributed by atoms with Gasteiger partial charge in [-0.3, -0.25) is 0 Å². The molecule has 6 heteroatoms. The maximum absolute atomic E-state index is 11.5. The van der Waals surface area contributed by atoms with Crippen LogP contribution in [0.25, 0.3) is 0 Å². The van der Waals surface area contributed by atoms with Crippen LogP contribution in [-0.4, -0.2) is 39.0 Å². The molecule has 134 valence electrons. The zero-order valence-corrected chi connectivity index (χ0v) is 15.1. The van der Waals surface area contributed by atoms with E-state index < -0.39 is 11.7 Å². The van der Waals surface area contributed by atoms with Gasteiger partial charge in [-0.15, -0.1) is 0 Å². The second kappa shape index (κ2) is 9.82. The lowest BCUT2D eigenvalue weighted by Crippen LogP contribution is -2.32. The number of carbonyl (C=O) groups excluding carboxylic acids is 1. The molecular weight excluding hydrogens is 308 g/mol. The van der Waals surface area contributed by atoms with Crippen molar-refractivity contribution in [1.29, 1.82) is 0 Å². The summed E-state index contributed by atoms with van der Waals surface area (Å²) < 4.78 is 15.8. The largest absolute Gasteiger partial charge is 0.493 e. The first kappa shape index (κ1) is 19.8. The topological polar surface area (TPSA) is 68.8 Å². The summed E-state index contributed by atoms with van der Waals surface area (Å²) in [5, 5.41) is 5.96. The highest BCUT2D eigenvalue weighted by Crippen LogP contribution is 2.30. The molecule has 2 N–H and O–H groups in total. The molecule has 0 aliphatic heterocycles. The summed E-state index contributed by atoms with van der Waals surface area (Å²) in [7, 11) is 3.25. The molecule has 1 aromatic rings. The summed E-state index contributed by atoms with van der Waals surface area (Å²) in [5.74, 6) is 1.46. The minimum absolute atomic E-state index is 0.416. The van der Waals surface area contributed by atoms with Crippen LogP contribution in [0.3, 0.4) is 0 Å². The zero-order chi connectivity index (χ0) is 18.0. The van der Waals surface area contributed by atoms with Gasteiger partial charge in [0.25, 0.3) is 0 Å². The van der Waals surface area contributed by atoms with E-state index in [4.69, 9.17) is 14.2 Å². The van der Waals surface area contributed by atoms with Crippen LogP contribution in [0.2, 0.25) is 0 Å². The van der Waals surface area contributed by atoms with Crippen molar-refractivity contribution in [2.75, 3.05) is 27.3 Å². The Labute approximate surface area is 144 Å². The summed E-state index contributed by atoms with van der Waals surface area (Å²) >= 11 is 0. The first-order chi connectivity index (χ1) is 11.4. The first-order valence-electron chi connectivity index (χ1n) is 7.90. The molecule has 0 heterocycles. The molecule has 0 aromatic heterocycles. The van der Waals surface area contributed by atoms with Crippen LogP contribution in [0.15, 0.2) is 30.4 Å². The van der Waals surface area contributed by atoms with Crippen LogP contribution in [0.5, 0.6) is 11.5 Å². The van der Waals surface area contributed by atoms with Crippen molar-refractivity contribution < 1.29 is 19.0 Å². The van der Waals surface area contributed by atoms with Crippen LogP contribution < -0.4 is 20.1 Å². The van der Waals surface area contributed by atoms with Gasteiger partial charge in [0.1, 0.15) is 5.60 Å². The highest BCUT2D eigenvalue weighted by Gasteiger charge is 2.14. The van der Waals surface area contributed by atoms with E-state index in [2.05, 4.69) is 10.6 Å². The summed E-state index contributed by atoms with van der Waals surface area (Å²) in [5.41, 5.74) is 0.544. The van der Waals surface area contributed by atoms with Crippen LogP contribution in [0, 0.1) is 0 Å². The number of benzene rings is 1. The molecule has 0 saturated carbocycles. The second-order valence-electron chi connectivity index (χ2n) is 6.14. The fourth-order valence-electron chi connectivity index (χ4n) is 2.01. The Morgan fingerprint density at radius 3 is 2.46 bits per heavy atom.